The van der Waals surface area contributed by atoms with Crippen molar-refractivity contribution in [2.45, 2.75) is 6.92 Å². The summed E-state index contributed by atoms with van der Waals surface area (Å²) in [5.41, 5.74) is 1.31. The monoisotopic (exact) mass is 229 g/mol. The van der Waals surface area contributed by atoms with Crippen LogP contribution in [0.25, 0.3) is 0 Å². The number of pyridine rings is 1. The summed E-state index contributed by atoms with van der Waals surface area (Å²) in [5.74, 6) is 1.34. The highest BCUT2D eigenvalue weighted by Gasteiger charge is 2.10. The Balaban J connectivity index is 2.14. The van der Waals surface area contributed by atoms with E-state index < -0.39 is 7.12 Å². The lowest BCUT2D eigenvalue weighted by Crippen LogP contribution is -2.29. The Bertz CT molecular complexity index is 499. The molecule has 86 valence electrons. The summed E-state index contributed by atoms with van der Waals surface area (Å²) in [6, 6.07) is 10.2. The minimum absolute atomic E-state index is 0.434. The van der Waals surface area contributed by atoms with Gasteiger partial charge in [-0.1, -0.05) is 12.1 Å². The molecular formula is C12H12BNO3. The van der Waals surface area contributed by atoms with E-state index in [0.717, 1.165) is 5.69 Å². The Kier molecular flexibility index (Phi) is 3.42. The number of benzene rings is 1. The van der Waals surface area contributed by atoms with Crippen molar-refractivity contribution in [3.05, 3.63) is 48.3 Å². The summed E-state index contributed by atoms with van der Waals surface area (Å²) < 4.78 is 5.59. The van der Waals surface area contributed by atoms with E-state index in [1.807, 2.05) is 13.0 Å². The molecule has 1 aromatic heterocycles. The summed E-state index contributed by atoms with van der Waals surface area (Å²) in [6.07, 6.45) is 1.68. The Labute approximate surface area is 99.7 Å². The largest absolute Gasteiger partial charge is 0.488 e. The lowest BCUT2D eigenvalue weighted by Gasteiger charge is -2.06. The van der Waals surface area contributed by atoms with Gasteiger partial charge in [0.25, 0.3) is 0 Å². The standard InChI is InChI=1S/C12H12BNO3/c1-9-8-12(6-7-14-9)17-11-4-2-10(3-5-11)13(15)16/h2-8,15-16H,1H3. The van der Waals surface area contributed by atoms with Gasteiger partial charge in [0, 0.05) is 18.0 Å². The van der Waals surface area contributed by atoms with Gasteiger partial charge in [0.2, 0.25) is 0 Å². The van der Waals surface area contributed by atoms with Crippen molar-refractivity contribution in [3.63, 3.8) is 0 Å². The fraction of sp³-hybridized carbons (Fsp3) is 0.0833. The Morgan fingerprint density at radius 2 is 1.76 bits per heavy atom. The average molecular weight is 229 g/mol. The molecule has 1 aromatic carbocycles. The first-order chi connectivity index (χ1) is 8.15. The Morgan fingerprint density at radius 1 is 1.06 bits per heavy atom. The highest BCUT2D eigenvalue weighted by molar-refractivity contribution is 6.58. The predicted molar refractivity (Wildman–Crippen MR) is 65.3 cm³/mol. The van der Waals surface area contributed by atoms with Crippen LogP contribution in [0.4, 0.5) is 0 Å². The van der Waals surface area contributed by atoms with E-state index in [9.17, 15) is 0 Å². The smallest absolute Gasteiger partial charge is 0.457 e. The van der Waals surface area contributed by atoms with Crippen molar-refractivity contribution in [2.75, 3.05) is 0 Å². The van der Waals surface area contributed by atoms with Crippen LogP contribution in [0.1, 0.15) is 5.69 Å². The predicted octanol–water partition coefficient (Wildman–Crippen LogP) is 0.862. The minimum Gasteiger partial charge on any atom is -0.457 e. The first kappa shape index (κ1) is 11.6. The van der Waals surface area contributed by atoms with Gasteiger partial charge in [-0.3, -0.25) is 4.98 Å². The molecule has 2 N–H and O–H groups in total. The molecule has 0 aliphatic rings. The fourth-order valence-electron chi connectivity index (χ4n) is 1.43. The molecule has 0 amide bonds. The first-order valence-corrected chi connectivity index (χ1v) is 5.22. The molecule has 0 atom stereocenters. The maximum atomic E-state index is 8.95. The van der Waals surface area contributed by atoms with E-state index in [1.54, 1.807) is 36.5 Å². The third-order valence-corrected chi connectivity index (χ3v) is 2.28. The summed E-state index contributed by atoms with van der Waals surface area (Å²) in [6.45, 7) is 1.89. The highest BCUT2D eigenvalue weighted by atomic mass is 16.5. The minimum atomic E-state index is -1.45. The van der Waals surface area contributed by atoms with Crippen LogP contribution < -0.4 is 10.2 Å². The van der Waals surface area contributed by atoms with Crippen molar-refractivity contribution in [3.8, 4) is 11.5 Å². The van der Waals surface area contributed by atoms with Gasteiger partial charge < -0.3 is 14.8 Å². The van der Waals surface area contributed by atoms with Gasteiger partial charge in [-0.2, -0.15) is 0 Å². The number of aryl methyl sites for hydroxylation is 1. The molecule has 2 rings (SSSR count). The fourth-order valence-corrected chi connectivity index (χ4v) is 1.43. The molecular weight excluding hydrogens is 217 g/mol. The number of nitrogens with zero attached hydrogens (tertiary/aromatic N) is 1. The SMILES string of the molecule is Cc1cc(Oc2ccc(B(O)O)cc2)ccn1. The van der Waals surface area contributed by atoms with Crippen LogP contribution in [0, 0.1) is 6.92 Å². The number of hydrogen-bond acceptors (Lipinski definition) is 4. The van der Waals surface area contributed by atoms with Gasteiger partial charge in [-0.05, 0) is 30.6 Å². The molecule has 0 spiro atoms. The quantitative estimate of drug-likeness (QED) is 0.766. The van der Waals surface area contributed by atoms with Gasteiger partial charge >= 0.3 is 7.12 Å². The molecule has 0 aliphatic carbocycles. The van der Waals surface area contributed by atoms with Crippen LogP contribution in [-0.4, -0.2) is 22.2 Å². The molecule has 17 heavy (non-hydrogen) atoms. The highest BCUT2D eigenvalue weighted by Crippen LogP contribution is 2.20. The number of ether oxygens (including phenoxy) is 1. The molecule has 0 fully saturated rings. The maximum absolute atomic E-state index is 8.95. The number of aromatic nitrogens is 1. The zero-order chi connectivity index (χ0) is 12.3. The van der Waals surface area contributed by atoms with Crippen LogP contribution in [0.15, 0.2) is 42.6 Å². The van der Waals surface area contributed by atoms with E-state index >= 15 is 0 Å². The van der Waals surface area contributed by atoms with Crippen LogP contribution >= 0.6 is 0 Å². The molecule has 0 saturated heterocycles. The third kappa shape index (κ3) is 3.06. The van der Waals surface area contributed by atoms with Crippen LogP contribution in [-0.2, 0) is 0 Å². The Hall–Kier alpha value is -1.85. The molecule has 0 unspecified atom stereocenters. The number of rotatable bonds is 3. The van der Waals surface area contributed by atoms with Crippen molar-refractivity contribution < 1.29 is 14.8 Å². The topological polar surface area (TPSA) is 62.6 Å². The van der Waals surface area contributed by atoms with Crippen molar-refractivity contribution in [1.82, 2.24) is 4.98 Å². The summed E-state index contributed by atoms with van der Waals surface area (Å²) >= 11 is 0. The van der Waals surface area contributed by atoms with E-state index in [0.29, 0.717) is 17.0 Å². The first-order valence-electron chi connectivity index (χ1n) is 5.22. The molecule has 0 aliphatic heterocycles. The third-order valence-electron chi connectivity index (χ3n) is 2.28. The summed E-state index contributed by atoms with van der Waals surface area (Å²) in [4.78, 5) is 4.07. The molecule has 2 aromatic rings. The van der Waals surface area contributed by atoms with Gasteiger partial charge in [-0.15, -0.1) is 0 Å². The molecule has 0 saturated carbocycles. The van der Waals surface area contributed by atoms with Gasteiger partial charge in [0.15, 0.2) is 0 Å². The summed E-state index contributed by atoms with van der Waals surface area (Å²) in [7, 11) is -1.45. The van der Waals surface area contributed by atoms with E-state index in [1.165, 1.54) is 0 Å². The van der Waals surface area contributed by atoms with Gasteiger partial charge in [0.1, 0.15) is 11.5 Å². The molecule has 1 heterocycles. The lowest BCUT2D eigenvalue weighted by molar-refractivity contribution is 0.425. The Morgan fingerprint density at radius 3 is 2.35 bits per heavy atom. The zero-order valence-electron chi connectivity index (χ0n) is 9.37. The van der Waals surface area contributed by atoms with E-state index in [2.05, 4.69) is 4.98 Å². The maximum Gasteiger partial charge on any atom is 0.488 e. The van der Waals surface area contributed by atoms with Crippen molar-refractivity contribution >= 4 is 12.6 Å². The molecule has 4 nitrogen and oxygen atoms in total. The average Bonchev–Trinajstić information content (AvgIpc) is 2.29. The second-order valence-corrected chi connectivity index (χ2v) is 3.68. The normalized spacial score (nSPS) is 10.1. The van der Waals surface area contributed by atoms with Gasteiger partial charge in [0.05, 0.1) is 0 Å². The van der Waals surface area contributed by atoms with E-state index in [4.69, 9.17) is 14.8 Å². The lowest BCUT2D eigenvalue weighted by atomic mass is 9.80. The van der Waals surface area contributed by atoms with Crippen LogP contribution in [0.3, 0.4) is 0 Å². The molecule has 0 bridgehead atoms. The van der Waals surface area contributed by atoms with Gasteiger partial charge in [-0.25, -0.2) is 0 Å². The van der Waals surface area contributed by atoms with Crippen LogP contribution in [0.2, 0.25) is 0 Å². The molecule has 0 radical (unpaired) electrons. The summed E-state index contributed by atoms with van der Waals surface area (Å²) in [5, 5.41) is 17.9. The number of hydrogen-bond donors (Lipinski definition) is 2. The second kappa shape index (κ2) is 4.99. The van der Waals surface area contributed by atoms with Crippen molar-refractivity contribution in [2.24, 2.45) is 0 Å². The van der Waals surface area contributed by atoms with E-state index in [-0.39, 0.29) is 0 Å². The second-order valence-electron chi connectivity index (χ2n) is 3.68. The zero-order valence-corrected chi connectivity index (χ0v) is 9.37. The van der Waals surface area contributed by atoms with Crippen molar-refractivity contribution in [1.29, 1.82) is 0 Å². The van der Waals surface area contributed by atoms with Crippen LogP contribution in [0.5, 0.6) is 11.5 Å². The molecule has 5 heteroatoms.